The predicted molar refractivity (Wildman–Crippen MR) is 144 cm³/mol. The molecule has 1 aromatic heterocycles. The molecule has 3 aromatic carbocycles. The van der Waals surface area contributed by atoms with Gasteiger partial charge in [-0.25, -0.2) is 8.42 Å². The molecule has 1 saturated heterocycles. The highest BCUT2D eigenvalue weighted by atomic mass is 32.2. The van der Waals surface area contributed by atoms with E-state index < -0.39 is 10.0 Å². The maximum Gasteiger partial charge on any atom is 0.258 e. The molecular formula is C29H27N3O4S. The van der Waals surface area contributed by atoms with Crippen LogP contribution in [0.4, 0.5) is 5.69 Å². The first-order valence-corrected chi connectivity index (χ1v) is 13.8. The van der Waals surface area contributed by atoms with Crippen LogP contribution in [0, 0.1) is 5.92 Å². The highest BCUT2D eigenvalue weighted by molar-refractivity contribution is 7.89. The number of anilines is 1. The van der Waals surface area contributed by atoms with Crippen LogP contribution in [0.15, 0.2) is 88.6 Å². The van der Waals surface area contributed by atoms with Crippen LogP contribution in [0.25, 0.3) is 21.9 Å². The number of hydrogen-bond donors (Lipinski definition) is 1. The molecule has 0 radical (unpaired) electrons. The molecule has 2 aliphatic heterocycles. The number of nitrogens with zero attached hydrogens (tertiary/aromatic N) is 2. The number of amides is 1. The van der Waals surface area contributed by atoms with Gasteiger partial charge in [-0.2, -0.15) is 4.31 Å². The Kier molecular flexibility index (Phi) is 5.73. The van der Waals surface area contributed by atoms with Crippen LogP contribution >= 0.6 is 0 Å². The van der Waals surface area contributed by atoms with Crippen LogP contribution in [0.3, 0.4) is 0 Å². The number of hydrogen-bond acceptors (Lipinski definition) is 4. The summed E-state index contributed by atoms with van der Waals surface area (Å²) in [6, 6.07) is 24.3. The largest absolute Gasteiger partial charge is 0.326 e. The molecule has 1 fully saturated rings. The van der Waals surface area contributed by atoms with Crippen molar-refractivity contribution in [3.05, 3.63) is 94.9 Å². The first-order chi connectivity index (χ1) is 17.8. The van der Waals surface area contributed by atoms with Crippen LogP contribution in [0.1, 0.15) is 25.0 Å². The van der Waals surface area contributed by atoms with Gasteiger partial charge in [0.05, 0.1) is 4.90 Å². The third kappa shape index (κ3) is 4.26. The van der Waals surface area contributed by atoms with Crippen molar-refractivity contribution in [2.24, 2.45) is 5.92 Å². The molecule has 1 N–H and O–H groups in total. The Morgan fingerprint density at radius 3 is 2.41 bits per heavy atom. The fraction of sp³-hybridized carbons (Fsp3) is 0.241. The molecule has 2 unspecified atom stereocenters. The van der Waals surface area contributed by atoms with E-state index in [1.165, 1.54) is 19.1 Å². The van der Waals surface area contributed by atoms with E-state index in [4.69, 9.17) is 0 Å². The SMILES string of the molecule is CC(=O)Nc1ccc(S(=O)(=O)N2CC3CC(C2)c2ccc(-c4ccc5ccccc5c4)c(=O)n2C3)cc1. The topological polar surface area (TPSA) is 88.5 Å². The summed E-state index contributed by atoms with van der Waals surface area (Å²) in [6.45, 7) is 2.62. The van der Waals surface area contributed by atoms with Crippen molar-refractivity contribution < 1.29 is 13.2 Å². The third-order valence-electron chi connectivity index (χ3n) is 7.44. The Morgan fingerprint density at radius 2 is 1.65 bits per heavy atom. The standard InChI is InChI=1S/C29H27N3O4S/c1-19(33)30-25-8-10-26(11-9-25)37(35,36)31-16-20-14-24(18-31)28-13-12-27(29(34)32(28)17-20)23-7-6-21-4-2-3-5-22(21)15-23/h2-13,15,20,24H,14,16-18H2,1H3,(H,30,33). The number of nitrogens with one attached hydrogen (secondary N) is 1. The number of fused-ring (bicyclic) bond motifs is 5. The number of carbonyl (C=O) groups is 1. The molecule has 2 atom stereocenters. The summed E-state index contributed by atoms with van der Waals surface area (Å²) in [5.74, 6) is -0.194. The Hall–Kier alpha value is -3.75. The van der Waals surface area contributed by atoms with Gasteiger partial charge in [0.15, 0.2) is 0 Å². The van der Waals surface area contributed by atoms with Crippen LogP contribution in [0.2, 0.25) is 0 Å². The van der Waals surface area contributed by atoms with Gasteiger partial charge in [-0.15, -0.1) is 0 Å². The number of pyridine rings is 1. The van der Waals surface area contributed by atoms with E-state index in [0.29, 0.717) is 30.9 Å². The van der Waals surface area contributed by atoms with Crippen molar-refractivity contribution in [1.82, 2.24) is 8.87 Å². The zero-order valence-electron chi connectivity index (χ0n) is 20.4. The monoisotopic (exact) mass is 513 g/mol. The summed E-state index contributed by atoms with van der Waals surface area (Å²) in [5, 5.41) is 4.87. The smallest absolute Gasteiger partial charge is 0.258 e. The molecule has 0 spiro atoms. The molecule has 8 heteroatoms. The Labute approximate surface area is 215 Å². The minimum Gasteiger partial charge on any atom is -0.326 e. The van der Waals surface area contributed by atoms with Gasteiger partial charge in [0.2, 0.25) is 15.9 Å². The lowest BCUT2D eigenvalue weighted by molar-refractivity contribution is -0.114. The molecule has 2 aliphatic rings. The summed E-state index contributed by atoms with van der Waals surface area (Å²) in [7, 11) is -3.70. The number of rotatable bonds is 4. The second-order valence-corrected chi connectivity index (χ2v) is 11.9. The second-order valence-electron chi connectivity index (χ2n) is 9.98. The lowest BCUT2D eigenvalue weighted by atomic mass is 9.84. The van der Waals surface area contributed by atoms with Gasteiger partial charge in [-0.1, -0.05) is 36.4 Å². The highest BCUT2D eigenvalue weighted by Crippen LogP contribution is 2.38. The maximum atomic E-state index is 13.6. The zero-order valence-corrected chi connectivity index (χ0v) is 21.2. The van der Waals surface area contributed by atoms with Crippen molar-refractivity contribution in [3.63, 3.8) is 0 Å². The van der Waals surface area contributed by atoms with Crippen molar-refractivity contribution >= 4 is 32.4 Å². The van der Waals surface area contributed by atoms with Crippen LogP contribution < -0.4 is 10.9 Å². The molecule has 1 amide bonds. The average Bonchev–Trinajstić information content (AvgIpc) is 2.89. The van der Waals surface area contributed by atoms with Crippen molar-refractivity contribution in [3.8, 4) is 11.1 Å². The number of carbonyl (C=O) groups excluding carboxylic acids is 1. The zero-order chi connectivity index (χ0) is 25.7. The highest BCUT2D eigenvalue weighted by Gasteiger charge is 2.39. The quantitative estimate of drug-likeness (QED) is 0.437. The number of aromatic nitrogens is 1. The molecule has 188 valence electrons. The third-order valence-corrected chi connectivity index (χ3v) is 9.29. The van der Waals surface area contributed by atoms with E-state index in [1.807, 2.05) is 53.1 Å². The maximum absolute atomic E-state index is 13.6. The Bertz CT molecular complexity index is 1690. The van der Waals surface area contributed by atoms with E-state index in [-0.39, 0.29) is 28.2 Å². The molecular weight excluding hydrogens is 486 g/mol. The van der Waals surface area contributed by atoms with Crippen molar-refractivity contribution in [2.45, 2.75) is 30.7 Å². The van der Waals surface area contributed by atoms with Gasteiger partial charge in [-0.3, -0.25) is 9.59 Å². The van der Waals surface area contributed by atoms with Crippen LogP contribution in [0.5, 0.6) is 0 Å². The van der Waals surface area contributed by atoms with Crippen molar-refractivity contribution in [1.29, 1.82) is 0 Å². The molecule has 2 bridgehead atoms. The first kappa shape index (κ1) is 23.6. The second kappa shape index (κ2) is 8.97. The molecule has 6 rings (SSSR count). The molecule has 7 nitrogen and oxygen atoms in total. The molecule has 0 saturated carbocycles. The van der Waals surface area contributed by atoms with Gasteiger partial charge in [0, 0.05) is 49.4 Å². The summed E-state index contributed by atoms with van der Waals surface area (Å²) < 4.78 is 30.3. The normalized spacial score (nSPS) is 19.4. The van der Waals surface area contributed by atoms with Gasteiger partial charge in [0.25, 0.3) is 5.56 Å². The first-order valence-electron chi connectivity index (χ1n) is 12.4. The number of sulfonamides is 1. The van der Waals surface area contributed by atoms with Crippen LogP contribution in [-0.2, 0) is 21.4 Å². The minimum absolute atomic E-state index is 0.0210. The summed E-state index contributed by atoms with van der Waals surface area (Å²) in [6.07, 6.45) is 0.863. The molecule has 3 heterocycles. The Morgan fingerprint density at radius 1 is 0.892 bits per heavy atom. The van der Waals surface area contributed by atoms with Gasteiger partial charge in [0.1, 0.15) is 0 Å². The fourth-order valence-corrected chi connectivity index (χ4v) is 7.30. The van der Waals surface area contributed by atoms with E-state index in [1.54, 1.807) is 16.4 Å². The lowest BCUT2D eigenvalue weighted by Gasteiger charge is -2.42. The van der Waals surface area contributed by atoms with E-state index >= 15 is 0 Å². The molecule has 37 heavy (non-hydrogen) atoms. The minimum atomic E-state index is -3.70. The summed E-state index contributed by atoms with van der Waals surface area (Å²) >= 11 is 0. The fourth-order valence-electron chi connectivity index (χ4n) is 5.74. The molecule has 4 aromatic rings. The van der Waals surface area contributed by atoms with Gasteiger partial charge >= 0.3 is 0 Å². The molecule has 0 aliphatic carbocycles. The number of piperidine rings is 1. The van der Waals surface area contributed by atoms with Gasteiger partial charge in [-0.05, 0) is 71.1 Å². The summed E-state index contributed by atoms with van der Waals surface area (Å²) in [5.41, 5.74) is 2.98. The van der Waals surface area contributed by atoms with Gasteiger partial charge < -0.3 is 9.88 Å². The van der Waals surface area contributed by atoms with E-state index in [9.17, 15) is 18.0 Å². The predicted octanol–water partition coefficient (Wildman–Crippen LogP) is 4.43. The van der Waals surface area contributed by atoms with E-state index in [2.05, 4.69) is 11.4 Å². The number of benzene rings is 3. The summed E-state index contributed by atoms with van der Waals surface area (Å²) in [4.78, 5) is 25.1. The van der Waals surface area contributed by atoms with Crippen molar-refractivity contribution in [2.75, 3.05) is 18.4 Å². The Balaban J connectivity index is 1.29. The van der Waals surface area contributed by atoms with Crippen LogP contribution in [-0.4, -0.2) is 36.3 Å². The lowest BCUT2D eigenvalue weighted by Crippen LogP contribution is -2.49. The average molecular weight is 514 g/mol. The van der Waals surface area contributed by atoms with E-state index in [0.717, 1.165) is 28.5 Å².